The van der Waals surface area contributed by atoms with Gasteiger partial charge in [-0.25, -0.2) is 0 Å². The lowest BCUT2D eigenvalue weighted by Gasteiger charge is -1.99. The van der Waals surface area contributed by atoms with E-state index in [0.29, 0.717) is 6.42 Å². The average Bonchev–Trinajstić information content (AvgIpc) is 3.04. The molecule has 0 fully saturated rings. The van der Waals surface area contributed by atoms with E-state index >= 15 is 0 Å². The van der Waals surface area contributed by atoms with Crippen LogP contribution in [0.1, 0.15) is 22.8 Å². The second-order valence-corrected chi connectivity index (χ2v) is 3.88. The molecule has 3 aromatic rings. The first-order valence-electron chi connectivity index (χ1n) is 5.52. The molecule has 0 aliphatic rings. The van der Waals surface area contributed by atoms with Gasteiger partial charge in [0.1, 0.15) is 17.3 Å². The smallest absolute Gasteiger partial charge is 0.114 e. The molecule has 0 unspecified atom stereocenters. The van der Waals surface area contributed by atoms with Crippen LogP contribution in [0.3, 0.4) is 0 Å². The molecule has 0 N–H and O–H groups in total. The maximum Gasteiger partial charge on any atom is 0.114 e. The quantitative estimate of drug-likeness (QED) is 0.684. The molecule has 3 heterocycles. The Morgan fingerprint density at radius 2 is 1.41 bits per heavy atom. The minimum atomic E-state index is 0.677. The number of rotatable bonds is 4. The van der Waals surface area contributed by atoms with Crippen LogP contribution in [-0.4, -0.2) is 0 Å². The molecule has 86 valence electrons. The second kappa shape index (κ2) is 4.37. The molecule has 0 aliphatic carbocycles. The Kier molecular flexibility index (Phi) is 2.58. The van der Waals surface area contributed by atoms with Gasteiger partial charge in [-0.05, 0) is 30.3 Å². The largest absolute Gasteiger partial charge is 0.469 e. The molecule has 0 spiro atoms. The number of furan rings is 3. The van der Waals surface area contributed by atoms with Crippen molar-refractivity contribution >= 4 is 0 Å². The fourth-order valence-corrected chi connectivity index (χ4v) is 1.85. The van der Waals surface area contributed by atoms with Gasteiger partial charge in [-0.2, -0.15) is 0 Å². The topological polar surface area (TPSA) is 39.4 Å². The molecular weight excluding hydrogens is 216 g/mol. The molecular formula is C14H12O3. The average molecular weight is 228 g/mol. The fourth-order valence-electron chi connectivity index (χ4n) is 1.85. The van der Waals surface area contributed by atoms with Gasteiger partial charge >= 0.3 is 0 Å². The first-order valence-corrected chi connectivity index (χ1v) is 5.52. The van der Waals surface area contributed by atoms with E-state index in [1.165, 1.54) is 0 Å². The predicted molar refractivity (Wildman–Crippen MR) is 61.7 cm³/mol. The van der Waals surface area contributed by atoms with E-state index in [2.05, 4.69) is 0 Å². The van der Waals surface area contributed by atoms with Gasteiger partial charge < -0.3 is 13.3 Å². The van der Waals surface area contributed by atoms with Crippen LogP contribution in [0.5, 0.6) is 0 Å². The highest BCUT2D eigenvalue weighted by atomic mass is 16.3. The zero-order valence-corrected chi connectivity index (χ0v) is 9.26. The Morgan fingerprint density at radius 1 is 0.706 bits per heavy atom. The third-order valence-electron chi connectivity index (χ3n) is 2.70. The molecule has 17 heavy (non-hydrogen) atoms. The summed E-state index contributed by atoms with van der Waals surface area (Å²) in [5.74, 6) is 2.77. The Bertz CT molecular complexity index is 508. The van der Waals surface area contributed by atoms with Crippen LogP contribution in [0.4, 0.5) is 0 Å². The van der Waals surface area contributed by atoms with E-state index in [1.54, 1.807) is 18.8 Å². The van der Waals surface area contributed by atoms with E-state index in [4.69, 9.17) is 13.3 Å². The van der Waals surface area contributed by atoms with Crippen LogP contribution in [-0.2, 0) is 12.8 Å². The molecule has 0 atom stereocenters. The van der Waals surface area contributed by atoms with Crippen LogP contribution < -0.4 is 0 Å². The molecule has 0 aliphatic heterocycles. The van der Waals surface area contributed by atoms with Gasteiger partial charge in [0, 0.05) is 12.0 Å². The van der Waals surface area contributed by atoms with Crippen LogP contribution in [0.2, 0.25) is 0 Å². The maximum absolute atomic E-state index is 5.49. The number of hydrogen-bond donors (Lipinski definition) is 0. The lowest BCUT2D eigenvalue weighted by Crippen LogP contribution is -1.91. The first kappa shape index (κ1) is 10.0. The normalized spacial score (nSPS) is 10.8. The summed E-state index contributed by atoms with van der Waals surface area (Å²) in [4.78, 5) is 0. The summed E-state index contributed by atoms with van der Waals surface area (Å²) in [5, 5.41) is 0. The van der Waals surface area contributed by atoms with Gasteiger partial charge in [0.05, 0.1) is 25.2 Å². The molecule has 0 radical (unpaired) electrons. The van der Waals surface area contributed by atoms with Crippen LogP contribution in [0, 0.1) is 0 Å². The number of hydrogen-bond acceptors (Lipinski definition) is 3. The summed E-state index contributed by atoms with van der Waals surface area (Å²) in [6, 6.07) is 9.65. The van der Waals surface area contributed by atoms with Crippen molar-refractivity contribution in [2.24, 2.45) is 0 Å². The molecule has 3 nitrogen and oxygen atoms in total. The molecule has 3 heteroatoms. The van der Waals surface area contributed by atoms with Gasteiger partial charge in [0.15, 0.2) is 0 Å². The highest BCUT2D eigenvalue weighted by Gasteiger charge is 2.10. The maximum atomic E-state index is 5.49. The molecule has 0 aromatic carbocycles. The van der Waals surface area contributed by atoms with Gasteiger partial charge in [-0.15, -0.1) is 0 Å². The van der Waals surface area contributed by atoms with Crippen molar-refractivity contribution in [1.82, 2.24) is 0 Å². The molecule has 3 aromatic heterocycles. The van der Waals surface area contributed by atoms with Gasteiger partial charge in [-0.3, -0.25) is 0 Å². The van der Waals surface area contributed by atoms with Crippen molar-refractivity contribution in [3.05, 3.63) is 72.0 Å². The zero-order chi connectivity index (χ0) is 11.5. The summed E-state index contributed by atoms with van der Waals surface area (Å²) in [5.41, 5.74) is 1.14. The van der Waals surface area contributed by atoms with Crippen LogP contribution >= 0.6 is 0 Å². The monoisotopic (exact) mass is 228 g/mol. The molecule has 0 amide bonds. The van der Waals surface area contributed by atoms with Crippen molar-refractivity contribution in [3.63, 3.8) is 0 Å². The first-order chi connectivity index (χ1) is 8.42. The minimum Gasteiger partial charge on any atom is -0.469 e. The Morgan fingerprint density at radius 3 is 2.06 bits per heavy atom. The summed E-state index contributed by atoms with van der Waals surface area (Å²) < 4.78 is 16.1. The molecule has 0 saturated heterocycles. The van der Waals surface area contributed by atoms with Gasteiger partial charge in [0.25, 0.3) is 0 Å². The van der Waals surface area contributed by atoms with E-state index in [-0.39, 0.29) is 0 Å². The molecule has 0 saturated carbocycles. The lowest BCUT2D eigenvalue weighted by atomic mass is 10.1. The van der Waals surface area contributed by atoms with Crippen molar-refractivity contribution in [2.45, 2.75) is 12.8 Å². The van der Waals surface area contributed by atoms with E-state index in [9.17, 15) is 0 Å². The Labute approximate surface area is 98.7 Å². The summed E-state index contributed by atoms with van der Waals surface area (Å²) >= 11 is 0. The molecule has 0 bridgehead atoms. The summed E-state index contributed by atoms with van der Waals surface area (Å²) in [6.07, 6.45) is 6.48. The standard InChI is InChI=1S/C14H12O3/c1-3-12(15-6-1)9-11-5-8-17-14(11)10-13-4-2-7-16-13/h1-8H,9-10H2. The predicted octanol–water partition coefficient (Wildman–Crippen LogP) is 3.65. The highest BCUT2D eigenvalue weighted by molar-refractivity contribution is 5.25. The van der Waals surface area contributed by atoms with E-state index in [0.717, 1.165) is 29.3 Å². The van der Waals surface area contributed by atoms with Crippen LogP contribution in [0.25, 0.3) is 0 Å². The lowest BCUT2D eigenvalue weighted by molar-refractivity contribution is 0.469. The van der Waals surface area contributed by atoms with E-state index < -0.39 is 0 Å². The summed E-state index contributed by atoms with van der Waals surface area (Å²) in [7, 11) is 0. The Balaban J connectivity index is 1.79. The highest BCUT2D eigenvalue weighted by Crippen LogP contribution is 2.19. The fraction of sp³-hybridized carbons (Fsp3) is 0.143. The van der Waals surface area contributed by atoms with E-state index in [1.807, 2.05) is 30.3 Å². The summed E-state index contributed by atoms with van der Waals surface area (Å²) in [6.45, 7) is 0. The SMILES string of the molecule is c1coc(Cc2ccoc2Cc2ccco2)c1. The van der Waals surface area contributed by atoms with Gasteiger partial charge in [-0.1, -0.05) is 0 Å². The van der Waals surface area contributed by atoms with Crippen molar-refractivity contribution in [3.8, 4) is 0 Å². The Hall–Kier alpha value is -2.16. The van der Waals surface area contributed by atoms with Gasteiger partial charge in [0.2, 0.25) is 0 Å². The van der Waals surface area contributed by atoms with Crippen molar-refractivity contribution in [1.29, 1.82) is 0 Å². The molecule has 3 rings (SSSR count). The minimum absolute atomic E-state index is 0.677. The van der Waals surface area contributed by atoms with Crippen LogP contribution in [0.15, 0.2) is 62.4 Å². The second-order valence-electron chi connectivity index (χ2n) is 3.88. The van der Waals surface area contributed by atoms with Crippen molar-refractivity contribution < 1.29 is 13.3 Å². The van der Waals surface area contributed by atoms with Crippen molar-refractivity contribution in [2.75, 3.05) is 0 Å². The third kappa shape index (κ3) is 2.18. The zero-order valence-electron chi connectivity index (χ0n) is 9.26. The third-order valence-corrected chi connectivity index (χ3v) is 2.70.